The van der Waals surface area contributed by atoms with Crippen LogP contribution in [0.4, 0.5) is 11.6 Å². The molecule has 0 radical (unpaired) electrons. The van der Waals surface area contributed by atoms with Crippen LogP contribution in [0.5, 0.6) is 0 Å². The van der Waals surface area contributed by atoms with E-state index in [4.69, 9.17) is 10.9 Å². The van der Waals surface area contributed by atoms with Crippen LogP contribution in [0.1, 0.15) is 13.3 Å². The van der Waals surface area contributed by atoms with Crippen LogP contribution in [0.2, 0.25) is 0 Å². The Morgan fingerprint density at radius 1 is 1.25 bits per heavy atom. The highest BCUT2D eigenvalue weighted by atomic mass is 32.2. The van der Waals surface area contributed by atoms with Crippen molar-refractivity contribution in [2.24, 2.45) is 10.9 Å². The van der Waals surface area contributed by atoms with Crippen molar-refractivity contribution >= 4 is 31.7 Å². The van der Waals surface area contributed by atoms with Crippen molar-refractivity contribution in [1.29, 1.82) is 0 Å². The molecule has 32 heavy (non-hydrogen) atoms. The van der Waals surface area contributed by atoms with Gasteiger partial charge in [0.2, 0.25) is 31.8 Å². The summed E-state index contributed by atoms with van der Waals surface area (Å²) in [5.41, 5.74) is 5.88. The summed E-state index contributed by atoms with van der Waals surface area (Å²) in [6.45, 7) is 2.74. The van der Waals surface area contributed by atoms with E-state index in [1.807, 2.05) is 4.57 Å². The number of rotatable bonds is 7. The first kappa shape index (κ1) is 22.3. The fourth-order valence-electron chi connectivity index (χ4n) is 3.52. The zero-order valence-corrected chi connectivity index (χ0v) is 18.6. The molecule has 1 atom stereocenters. The molecule has 3 heterocycles. The highest BCUT2D eigenvalue weighted by molar-refractivity contribution is 7.92. The van der Waals surface area contributed by atoms with Crippen molar-refractivity contribution < 1.29 is 16.8 Å². The standard InChI is InChI=1S/C16H22N10O4S2/c1-10(17)9-20-32(29,30)12-4-3-11(26-7-2-6-25-8-5-19-16(25)26)13(14(12)31(18,27)28)15-21-23-24-22-15/h3-5,8,10,20H,2,6-7,9,17H2,1H3,(H2,18,27,28)(H,21,22,23,24). The molecule has 4 rings (SSSR count). The summed E-state index contributed by atoms with van der Waals surface area (Å²) in [4.78, 5) is 4.93. The number of benzene rings is 1. The van der Waals surface area contributed by atoms with E-state index in [-0.39, 0.29) is 17.9 Å². The number of hydrogen-bond acceptors (Lipinski definition) is 10. The Bertz CT molecular complexity index is 1330. The van der Waals surface area contributed by atoms with Gasteiger partial charge in [0.05, 0.1) is 11.3 Å². The Balaban J connectivity index is 2.01. The lowest BCUT2D eigenvalue weighted by Crippen LogP contribution is -2.36. The number of fused-ring (bicyclic) bond motifs is 1. The number of H-pyrrole nitrogens is 1. The summed E-state index contributed by atoms with van der Waals surface area (Å²) in [7, 11) is -8.86. The quantitative estimate of drug-likeness (QED) is 0.319. The van der Waals surface area contributed by atoms with E-state index in [0.717, 1.165) is 13.0 Å². The summed E-state index contributed by atoms with van der Waals surface area (Å²) < 4.78 is 55.6. The number of aromatic nitrogens is 6. The second-order valence-corrected chi connectivity index (χ2v) is 10.6. The highest BCUT2D eigenvalue weighted by Crippen LogP contribution is 2.41. The molecule has 16 heteroatoms. The van der Waals surface area contributed by atoms with Gasteiger partial charge in [-0.3, -0.25) is 0 Å². The molecule has 1 aromatic carbocycles. The number of sulfonamides is 2. The van der Waals surface area contributed by atoms with Crippen molar-refractivity contribution in [2.45, 2.75) is 35.7 Å². The zero-order valence-electron chi connectivity index (χ0n) is 17.0. The van der Waals surface area contributed by atoms with Crippen LogP contribution in [0.25, 0.3) is 11.4 Å². The minimum atomic E-state index is -4.56. The summed E-state index contributed by atoms with van der Waals surface area (Å²) in [5.74, 6) is 0.434. The van der Waals surface area contributed by atoms with Crippen LogP contribution in [0.3, 0.4) is 0 Å². The maximum absolute atomic E-state index is 13.0. The normalized spacial score (nSPS) is 15.5. The Hall–Kier alpha value is -2.92. The second kappa shape index (κ2) is 8.21. The maximum Gasteiger partial charge on any atom is 0.242 e. The molecule has 0 amide bonds. The van der Waals surface area contributed by atoms with Crippen LogP contribution in [0.15, 0.2) is 34.3 Å². The first-order valence-electron chi connectivity index (χ1n) is 9.57. The lowest BCUT2D eigenvalue weighted by atomic mass is 10.1. The number of tetrazole rings is 1. The fourth-order valence-corrected chi connectivity index (χ4v) is 6.26. The predicted molar refractivity (Wildman–Crippen MR) is 114 cm³/mol. The summed E-state index contributed by atoms with van der Waals surface area (Å²) in [5, 5.41) is 19.1. The van der Waals surface area contributed by atoms with Crippen LogP contribution in [0, 0.1) is 0 Å². The Labute approximate surface area is 184 Å². The Morgan fingerprint density at radius 3 is 2.69 bits per heavy atom. The number of imidazole rings is 1. The molecule has 1 unspecified atom stereocenters. The van der Waals surface area contributed by atoms with Crippen LogP contribution in [-0.4, -0.2) is 66.1 Å². The number of anilines is 2. The molecular weight excluding hydrogens is 460 g/mol. The van der Waals surface area contributed by atoms with E-state index in [0.29, 0.717) is 18.2 Å². The SMILES string of the molecule is CC(N)CNS(=O)(=O)c1ccc(N2CCCn3ccnc32)c(-c2nn[nH]n2)c1S(N)(=O)=O. The summed E-state index contributed by atoms with van der Waals surface area (Å²) in [6.07, 6.45) is 4.17. The van der Waals surface area contributed by atoms with Gasteiger partial charge in [-0.2, -0.15) is 5.21 Å². The second-order valence-electron chi connectivity index (χ2n) is 7.32. The number of hydrogen-bond donors (Lipinski definition) is 4. The van der Waals surface area contributed by atoms with Crippen molar-refractivity contribution in [3.8, 4) is 11.4 Å². The number of primary sulfonamides is 1. The molecule has 2 aromatic heterocycles. The van der Waals surface area contributed by atoms with Gasteiger partial charge in [-0.1, -0.05) is 0 Å². The van der Waals surface area contributed by atoms with Gasteiger partial charge in [0.25, 0.3) is 0 Å². The average molecular weight is 483 g/mol. The number of aryl methyl sites for hydroxylation is 1. The lowest BCUT2D eigenvalue weighted by molar-refractivity contribution is 0.567. The van der Waals surface area contributed by atoms with Crippen molar-refractivity contribution in [2.75, 3.05) is 18.0 Å². The summed E-state index contributed by atoms with van der Waals surface area (Å²) in [6, 6.07) is 2.17. The number of nitrogens with one attached hydrogen (secondary N) is 2. The lowest BCUT2D eigenvalue weighted by Gasteiger charge is -2.31. The molecule has 0 fully saturated rings. The zero-order chi connectivity index (χ0) is 23.1. The smallest absolute Gasteiger partial charge is 0.242 e. The molecule has 1 aliphatic rings. The minimum absolute atomic E-state index is 0.0960. The molecule has 0 spiro atoms. The molecule has 6 N–H and O–H groups in total. The molecule has 0 saturated carbocycles. The molecule has 14 nitrogen and oxygen atoms in total. The molecule has 172 valence electrons. The van der Waals surface area contributed by atoms with E-state index in [1.165, 1.54) is 12.1 Å². The van der Waals surface area contributed by atoms with E-state index in [9.17, 15) is 16.8 Å². The third kappa shape index (κ3) is 4.09. The van der Waals surface area contributed by atoms with E-state index in [1.54, 1.807) is 24.2 Å². The molecule has 3 aromatic rings. The van der Waals surface area contributed by atoms with Crippen LogP contribution in [-0.2, 0) is 26.6 Å². The maximum atomic E-state index is 13.0. The van der Waals surface area contributed by atoms with Gasteiger partial charge in [-0.25, -0.2) is 31.7 Å². The monoisotopic (exact) mass is 482 g/mol. The number of nitrogens with zero attached hydrogens (tertiary/aromatic N) is 6. The highest BCUT2D eigenvalue weighted by Gasteiger charge is 2.34. The third-order valence-electron chi connectivity index (χ3n) is 4.84. The summed E-state index contributed by atoms with van der Waals surface area (Å²) >= 11 is 0. The van der Waals surface area contributed by atoms with Gasteiger partial charge < -0.3 is 15.2 Å². The molecular formula is C16H22N10O4S2. The van der Waals surface area contributed by atoms with Crippen LogP contribution < -0.4 is 20.5 Å². The minimum Gasteiger partial charge on any atom is -0.327 e. The van der Waals surface area contributed by atoms with Gasteiger partial charge in [-0.15, -0.1) is 10.2 Å². The van der Waals surface area contributed by atoms with Gasteiger partial charge >= 0.3 is 0 Å². The van der Waals surface area contributed by atoms with Gasteiger partial charge in [0.15, 0.2) is 0 Å². The average Bonchev–Trinajstić information content (AvgIpc) is 3.42. The number of nitrogens with two attached hydrogens (primary N) is 2. The van der Waals surface area contributed by atoms with Gasteiger partial charge in [0.1, 0.15) is 9.79 Å². The predicted octanol–water partition coefficient (Wildman–Crippen LogP) is -1.12. The number of aromatic amines is 1. The van der Waals surface area contributed by atoms with Gasteiger partial charge in [-0.05, 0) is 30.7 Å². The van der Waals surface area contributed by atoms with E-state index >= 15 is 0 Å². The molecule has 0 aliphatic carbocycles. The van der Waals surface area contributed by atoms with Crippen molar-refractivity contribution in [3.05, 3.63) is 24.5 Å². The first-order chi connectivity index (χ1) is 15.1. The van der Waals surface area contributed by atoms with E-state index < -0.39 is 35.9 Å². The molecule has 0 saturated heterocycles. The largest absolute Gasteiger partial charge is 0.327 e. The van der Waals surface area contributed by atoms with Gasteiger partial charge in [0, 0.05) is 38.1 Å². The fraction of sp³-hybridized carbons (Fsp3) is 0.375. The topological polar surface area (TPSA) is 208 Å². The van der Waals surface area contributed by atoms with E-state index in [2.05, 4.69) is 30.3 Å². The molecule has 0 bridgehead atoms. The first-order valence-corrected chi connectivity index (χ1v) is 12.6. The Morgan fingerprint density at radius 2 is 2.03 bits per heavy atom. The third-order valence-corrected chi connectivity index (χ3v) is 7.43. The van der Waals surface area contributed by atoms with Crippen molar-refractivity contribution in [1.82, 2.24) is 34.9 Å². The van der Waals surface area contributed by atoms with Crippen LogP contribution >= 0.6 is 0 Å². The Kier molecular flexibility index (Phi) is 5.72. The van der Waals surface area contributed by atoms with Crippen molar-refractivity contribution in [3.63, 3.8) is 0 Å². The molecule has 1 aliphatic heterocycles.